The molecule has 0 unspecified atom stereocenters. The van der Waals surface area contributed by atoms with Crippen LogP contribution in [0.4, 0.5) is 5.82 Å². The molecule has 0 amide bonds. The molecule has 7 heteroatoms. The first-order chi connectivity index (χ1) is 8.77. The maximum Gasteiger partial charge on any atom is 0.267 e. The van der Waals surface area contributed by atoms with Crippen molar-refractivity contribution in [3.05, 3.63) is 21.2 Å². The SMILES string of the molecule is O=c1[nH]cnc(NCCOC2CCNCC2)c1Br. The molecular formula is C11H17BrN4O2. The summed E-state index contributed by atoms with van der Waals surface area (Å²) in [6, 6.07) is 0. The zero-order chi connectivity index (χ0) is 12.8. The topological polar surface area (TPSA) is 79.0 Å². The van der Waals surface area contributed by atoms with Gasteiger partial charge in [-0.05, 0) is 41.9 Å². The molecular weight excluding hydrogens is 300 g/mol. The van der Waals surface area contributed by atoms with Crippen molar-refractivity contribution in [2.75, 3.05) is 31.6 Å². The van der Waals surface area contributed by atoms with Crippen molar-refractivity contribution in [2.24, 2.45) is 0 Å². The van der Waals surface area contributed by atoms with Gasteiger partial charge in [0.15, 0.2) is 0 Å². The van der Waals surface area contributed by atoms with Gasteiger partial charge in [0.25, 0.3) is 5.56 Å². The molecule has 100 valence electrons. The third-order valence-electron chi connectivity index (χ3n) is 2.83. The van der Waals surface area contributed by atoms with Gasteiger partial charge in [-0.15, -0.1) is 0 Å². The van der Waals surface area contributed by atoms with Gasteiger partial charge in [-0.3, -0.25) is 4.79 Å². The Balaban J connectivity index is 1.71. The third kappa shape index (κ3) is 3.79. The number of aromatic nitrogens is 2. The summed E-state index contributed by atoms with van der Waals surface area (Å²) in [4.78, 5) is 17.8. The summed E-state index contributed by atoms with van der Waals surface area (Å²) >= 11 is 3.19. The Kier molecular flexibility index (Phi) is 5.15. The molecule has 1 saturated heterocycles. The summed E-state index contributed by atoms with van der Waals surface area (Å²) in [6.07, 6.45) is 3.85. The highest BCUT2D eigenvalue weighted by molar-refractivity contribution is 9.10. The molecule has 1 fully saturated rings. The third-order valence-corrected chi connectivity index (χ3v) is 3.57. The quantitative estimate of drug-likeness (QED) is 0.697. The van der Waals surface area contributed by atoms with Gasteiger partial charge in [0.1, 0.15) is 10.3 Å². The summed E-state index contributed by atoms with van der Waals surface area (Å²) in [7, 11) is 0. The van der Waals surface area contributed by atoms with Crippen LogP contribution in [-0.2, 0) is 4.74 Å². The van der Waals surface area contributed by atoms with Crippen molar-refractivity contribution < 1.29 is 4.74 Å². The fourth-order valence-corrected chi connectivity index (χ4v) is 2.22. The summed E-state index contributed by atoms with van der Waals surface area (Å²) in [5.41, 5.74) is -0.188. The lowest BCUT2D eigenvalue weighted by atomic mass is 10.1. The van der Waals surface area contributed by atoms with Crippen LogP contribution in [0.25, 0.3) is 0 Å². The second-order valence-corrected chi connectivity index (χ2v) is 4.93. The molecule has 18 heavy (non-hydrogen) atoms. The van der Waals surface area contributed by atoms with Gasteiger partial charge < -0.3 is 20.4 Å². The highest BCUT2D eigenvalue weighted by Crippen LogP contribution is 2.12. The molecule has 3 N–H and O–H groups in total. The number of anilines is 1. The van der Waals surface area contributed by atoms with Gasteiger partial charge in [0.05, 0.1) is 19.0 Å². The van der Waals surface area contributed by atoms with Crippen LogP contribution in [0.2, 0.25) is 0 Å². The number of ether oxygens (including phenoxy) is 1. The Labute approximate surface area is 114 Å². The van der Waals surface area contributed by atoms with Crippen LogP contribution in [-0.4, -0.2) is 42.3 Å². The monoisotopic (exact) mass is 316 g/mol. The van der Waals surface area contributed by atoms with Gasteiger partial charge in [0, 0.05) is 6.54 Å². The summed E-state index contributed by atoms with van der Waals surface area (Å²) in [5, 5.41) is 6.37. The lowest BCUT2D eigenvalue weighted by Gasteiger charge is -2.23. The number of nitrogens with zero attached hydrogens (tertiary/aromatic N) is 1. The summed E-state index contributed by atoms with van der Waals surface area (Å²) in [5.74, 6) is 0.549. The number of rotatable bonds is 5. The molecule has 6 nitrogen and oxygen atoms in total. The normalized spacial score (nSPS) is 16.7. The molecule has 2 heterocycles. The van der Waals surface area contributed by atoms with Crippen molar-refractivity contribution in [3.63, 3.8) is 0 Å². The average molecular weight is 317 g/mol. The Morgan fingerprint density at radius 3 is 3.06 bits per heavy atom. The van der Waals surface area contributed by atoms with Gasteiger partial charge in [-0.25, -0.2) is 4.98 Å². The van der Waals surface area contributed by atoms with Gasteiger partial charge in [-0.1, -0.05) is 0 Å². The van der Waals surface area contributed by atoms with E-state index in [-0.39, 0.29) is 5.56 Å². The first-order valence-corrected chi connectivity index (χ1v) is 6.86. The van der Waals surface area contributed by atoms with E-state index in [0.717, 1.165) is 25.9 Å². The van der Waals surface area contributed by atoms with E-state index >= 15 is 0 Å². The van der Waals surface area contributed by atoms with E-state index < -0.39 is 0 Å². The predicted molar refractivity (Wildman–Crippen MR) is 72.9 cm³/mol. The predicted octanol–water partition coefficient (Wildman–Crippen LogP) is 0.713. The maximum atomic E-state index is 11.3. The fourth-order valence-electron chi connectivity index (χ4n) is 1.86. The molecule has 1 aromatic heterocycles. The minimum atomic E-state index is -0.188. The van der Waals surface area contributed by atoms with E-state index in [9.17, 15) is 4.79 Å². The van der Waals surface area contributed by atoms with Crippen LogP contribution in [0.3, 0.4) is 0 Å². The smallest absolute Gasteiger partial charge is 0.267 e. The van der Waals surface area contributed by atoms with E-state index in [2.05, 4.69) is 36.5 Å². The molecule has 0 aliphatic carbocycles. The van der Waals surface area contributed by atoms with E-state index in [1.807, 2.05) is 0 Å². The van der Waals surface area contributed by atoms with E-state index in [1.165, 1.54) is 6.33 Å². The maximum absolute atomic E-state index is 11.3. The molecule has 1 aromatic rings. The molecule has 0 aromatic carbocycles. The zero-order valence-electron chi connectivity index (χ0n) is 10.0. The molecule has 0 saturated carbocycles. The lowest BCUT2D eigenvalue weighted by Crippen LogP contribution is -2.33. The van der Waals surface area contributed by atoms with E-state index in [1.54, 1.807) is 0 Å². The molecule has 0 spiro atoms. The summed E-state index contributed by atoms with van der Waals surface area (Å²) < 4.78 is 6.17. The average Bonchev–Trinajstić information content (AvgIpc) is 2.40. The molecule has 1 aliphatic rings. The van der Waals surface area contributed by atoms with E-state index in [0.29, 0.717) is 29.5 Å². The number of aromatic amines is 1. The lowest BCUT2D eigenvalue weighted by molar-refractivity contribution is 0.0394. The number of H-pyrrole nitrogens is 1. The number of halogens is 1. The van der Waals surface area contributed by atoms with Crippen LogP contribution < -0.4 is 16.2 Å². The highest BCUT2D eigenvalue weighted by atomic mass is 79.9. The van der Waals surface area contributed by atoms with Crippen LogP contribution >= 0.6 is 15.9 Å². The van der Waals surface area contributed by atoms with Crippen LogP contribution in [0.15, 0.2) is 15.6 Å². The van der Waals surface area contributed by atoms with Crippen molar-refractivity contribution in [1.82, 2.24) is 15.3 Å². The van der Waals surface area contributed by atoms with Crippen LogP contribution in [0.5, 0.6) is 0 Å². The highest BCUT2D eigenvalue weighted by Gasteiger charge is 2.12. The molecule has 0 radical (unpaired) electrons. The van der Waals surface area contributed by atoms with Gasteiger partial charge >= 0.3 is 0 Å². The molecule has 1 aliphatic heterocycles. The van der Waals surface area contributed by atoms with Gasteiger partial charge in [-0.2, -0.15) is 0 Å². The molecule has 0 atom stereocenters. The number of nitrogens with one attached hydrogen (secondary N) is 3. The Morgan fingerprint density at radius 1 is 1.50 bits per heavy atom. The van der Waals surface area contributed by atoms with Crippen molar-refractivity contribution in [1.29, 1.82) is 0 Å². The first kappa shape index (κ1) is 13.5. The van der Waals surface area contributed by atoms with Crippen molar-refractivity contribution >= 4 is 21.7 Å². The Hall–Kier alpha value is -0.920. The van der Waals surface area contributed by atoms with Crippen LogP contribution in [0.1, 0.15) is 12.8 Å². The van der Waals surface area contributed by atoms with Gasteiger partial charge in [0.2, 0.25) is 0 Å². The molecule has 2 rings (SSSR count). The Bertz CT molecular complexity index is 431. The first-order valence-electron chi connectivity index (χ1n) is 6.07. The largest absolute Gasteiger partial charge is 0.376 e. The molecule has 0 bridgehead atoms. The number of hydrogen-bond acceptors (Lipinski definition) is 5. The second kappa shape index (κ2) is 6.86. The number of piperidine rings is 1. The minimum absolute atomic E-state index is 0.188. The minimum Gasteiger partial charge on any atom is -0.376 e. The standard InChI is InChI=1S/C11H17BrN4O2/c12-9-10(15-7-16-11(9)17)14-5-6-18-8-1-3-13-4-2-8/h7-8,13H,1-6H2,(H2,14,15,16,17). The summed E-state index contributed by atoms with van der Waals surface area (Å²) in [6.45, 7) is 3.31. The van der Waals surface area contributed by atoms with Crippen LogP contribution in [0, 0.1) is 0 Å². The zero-order valence-corrected chi connectivity index (χ0v) is 11.6. The number of hydrogen-bond donors (Lipinski definition) is 3. The fraction of sp³-hybridized carbons (Fsp3) is 0.636. The second-order valence-electron chi connectivity index (χ2n) is 4.14. The van der Waals surface area contributed by atoms with Crippen molar-refractivity contribution in [2.45, 2.75) is 18.9 Å². The van der Waals surface area contributed by atoms with Crippen molar-refractivity contribution in [3.8, 4) is 0 Å². The van der Waals surface area contributed by atoms with E-state index in [4.69, 9.17) is 4.74 Å². The Morgan fingerprint density at radius 2 is 2.28 bits per heavy atom.